The topological polar surface area (TPSA) is 109 Å². The van der Waals surface area contributed by atoms with Gasteiger partial charge in [0.25, 0.3) is 5.91 Å². The fraction of sp³-hybridized carbons (Fsp3) is 0.133. The first-order valence-electron chi connectivity index (χ1n) is 12.5. The molecule has 0 aliphatic rings. The maximum atomic E-state index is 12.9. The quantitative estimate of drug-likeness (QED) is 0.0924. The number of aryl methyl sites for hydroxylation is 1. The Kier molecular flexibility index (Phi) is 10.1. The minimum absolute atomic E-state index is 0.0820. The lowest BCUT2D eigenvalue weighted by atomic mass is 10.1. The van der Waals surface area contributed by atoms with Crippen LogP contribution >= 0.6 is 35.3 Å². The van der Waals surface area contributed by atoms with E-state index < -0.39 is 5.97 Å². The van der Waals surface area contributed by atoms with Crippen molar-refractivity contribution in [3.05, 3.63) is 100 Å². The normalized spacial score (nSPS) is 10.4. The number of anilines is 4. The summed E-state index contributed by atoms with van der Waals surface area (Å²) in [6.45, 7) is 3.68. The van der Waals surface area contributed by atoms with Crippen LogP contribution in [0.4, 0.5) is 22.1 Å². The number of para-hydroxylation sites is 1. The standard InChI is InChI=1S/C30H28N4O4S3/c1-18-12-14-21(15-13-18)32-30(39)33-22-10-7-11-23(16-22)40-17-24(35)34-28-25(29(37)38-3)19(2)26(41-28)27(36)31-20-8-5-4-6-9-20/h4-16H,17H2,1-3H3,(H,31,36)(H,34,35)(H2,32,33,39). The minimum Gasteiger partial charge on any atom is -0.465 e. The van der Waals surface area contributed by atoms with E-state index in [4.69, 9.17) is 17.0 Å². The molecule has 4 rings (SSSR count). The molecule has 0 spiro atoms. The van der Waals surface area contributed by atoms with Crippen molar-refractivity contribution in [1.82, 2.24) is 0 Å². The zero-order valence-corrected chi connectivity index (χ0v) is 25.0. The van der Waals surface area contributed by atoms with Gasteiger partial charge in [0.2, 0.25) is 5.91 Å². The fourth-order valence-corrected chi connectivity index (χ4v) is 5.88. The van der Waals surface area contributed by atoms with Gasteiger partial charge in [0.15, 0.2) is 5.11 Å². The van der Waals surface area contributed by atoms with Crippen LogP contribution in [0, 0.1) is 13.8 Å². The molecular formula is C30H28N4O4S3. The number of carbonyl (C=O) groups is 3. The second-order valence-corrected chi connectivity index (χ2v) is 11.4. The lowest BCUT2D eigenvalue weighted by molar-refractivity contribution is -0.113. The molecule has 0 bridgehead atoms. The number of carbonyl (C=O) groups excluding carboxylic acids is 3. The predicted octanol–water partition coefficient (Wildman–Crippen LogP) is 6.94. The number of rotatable bonds is 9. The van der Waals surface area contributed by atoms with Crippen LogP contribution in [0.1, 0.15) is 31.2 Å². The fourth-order valence-electron chi connectivity index (χ4n) is 3.78. The van der Waals surface area contributed by atoms with Gasteiger partial charge < -0.3 is 26.0 Å². The Labute approximate surface area is 251 Å². The van der Waals surface area contributed by atoms with Crippen molar-refractivity contribution in [2.24, 2.45) is 0 Å². The Morgan fingerprint density at radius 2 is 1.49 bits per heavy atom. The average molecular weight is 605 g/mol. The molecule has 41 heavy (non-hydrogen) atoms. The van der Waals surface area contributed by atoms with E-state index in [1.807, 2.05) is 73.7 Å². The van der Waals surface area contributed by atoms with Gasteiger partial charge in [-0.3, -0.25) is 9.59 Å². The lowest BCUT2D eigenvalue weighted by Gasteiger charge is -2.12. The smallest absolute Gasteiger partial charge is 0.341 e. The zero-order valence-electron chi connectivity index (χ0n) is 22.6. The Bertz CT molecular complexity index is 1570. The molecule has 0 unspecified atom stereocenters. The van der Waals surface area contributed by atoms with Crippen LogP contribution in [-0.2, 0) is 9.53 Å². The average Bonchev–Trinajstić information content (AvgIpc) is 3.28. The molecule has 0 saturated carbocycles. The van der Waals surface area contributed by atoms with E-state index in [-0.39, 0.29) is 28.1 Å². The number of ether oxygens (including phenoxy) is 1. The maximum Gasteiger partial charge on any atom is 0.341 e. The third-order valence-electron chi connectivity index (χ3n) is 5.80. The third-order valence-corrected chi connectivity index (χ3v) is 8.20. The van der Waals surface area contributed by atoms with E-state index >= 15 is 0 Å². The van der Waals surface area contributed by atoms with Crippen LogP contribution in [0.5, 0.6) is 0 Å². The van der Waals surface area contributed by atoms with Gasteiger partial charge in [-0.15, -0.1) is 23.1 Å². The monoisotopic (exact) mass is 604 g/mol. The number of thioether (sulfide) groups is 1. The molecule has 4 aromatic rings. The second kappa shape index (κ2) is 13.9. The van der Waals surface area contributed by atoms with Crippen molar-refractivity contribution in [1.29, 1.82) is 0 Å². The molecule has 1 heterocycles. The van der Waals surface area contributed by atoms with Crippen LogP contribution in [0.25, 0.3) is 0 Å². The van der Waals surface area contributed by atoms with E-state index in [0.717, 1.165) is 33.2 Å². The highest BCUT2D eigenvalue weighted by Gasteiger charge is 2.26. The molecule has 8 nitrogen and oxygen atoms in total. The molecule has 0 fully saturated rings. The van der Waals surface area contributed by atoms with E-state index in [1.54, 1.807) is 19.1 Å². The van der Waals surface area contributed by atoms with Crippen LogP contribution in [-0.4, -0.2) is 35.8 Å². The summed E-state index contributed by atoms with van der Waals surface area (Å²) in [5.41, 5.74) is 4.03. The summed E-state index contributed by atoms with van der Waals surface area (Å²) in [6.07, 6.45) is 0. The summed E-state index contributed by atoms with van der Waals surface area (Å²) in [4.78, 5) is 39.5. The van der Waals surface area contributed by atoms with Gasteiger partial charge in [-0.2, -0.15) is 0 Å². The number of nitrogens with one attached hydrogen (secondary N) is 4. The Hall–Kier alpha value is -4.19. The molecule has 1 aromatic heterocycles. The zero-order chi connectivity index (χ0) is 29.4. The highest BCUT2D eigenvalue weighted by Crippen LogP contribution is 2.34. The molecule has 0 saturated heterocycles. The molecule has 0 radical (unpaired) electrons. The number of benzene rings is 3. The van der Waals surface area contributed by atoms with Gasteiger partial charge in [0.05, 0.1) is 23.3 Å². The van der Waals surface area contributed by atoms with Gasteiger partial charge in [0.1, 0.15) is 5.00 Å². The summed E-state index contributed by atoms with van der Waals surface area (Å²) in [7, 11) is 1.26. The SMILES string of the molecule is COC(=O)c1c(NC(=O)CSc2cccc(NC(=S)Nc3ccc(C)cc3)c2)sc(C(=O)Nc2ccccc2)c1C. The van der Waals surface area contributed by atoms with Gasteiger partial charge in [-0.25, -0.2) is 4.79 Å². The van der Waals surface area contributed by atoms with Crippen LogP contribution < -0.4 is 21.3 Å². The van der Waals surface area contributed by atoms with Crippen molar-refractivity contribution in [3.63, 3.8) is 0 Å². The molecule has 11 heteroatoms. The van der Waals surface area contributed by atoms with E-state index in [0.29, 0.717) is 21.2 Å². The first-order chi connectivity index (χ1) is 19.7. The van der Waals surface area contributed by atoms with Crippen molar-refractivity contribution in [2.45, 2.75) is 18.7 Å². The molecule has 0 aliphatic carbocycles. The molecule has 2 amide bonds. The largest absolute Gasteiger partial charge is 0.465 e. The number of hydrogen-bond donors (Lipinski definition) is 4. The van der Waals surface area contributed by atoms with Crippen LogP contribution in [0.3, 0.4) is 0 Å². The van der Waals surface area contributed by atoms with Gasteiger partial charge >= 0.3 is 5.97 Å². The summed E-state index contributed by atoms with van der Waals surface area (Å²) < 4.78 is 4.92. The maximum absolute atomic E-state index is 12.9. The molecule has 210 valence electrons. The Morgan fingerprint density at radius 3 is 2.20 bits per heavy atom. The number of hydrogen-bond acceptors (Lipinski definition) is 7. The lowest BCUT2D eigenvalue weighted by Crippen LogP contribution is -2.19. The summed E-state index contributed by atoms with van der Waals surface area (Å²) in [5.74, 6) is -1.25. The van der Waals surface area contributed by atoms with Crippen LogP contribution in [0.2, 0.25) is 0 Å². The summed E-state index contributed by atoms with van der Waals surface area (Å²) in [6, 6.07) is 24.4. The highest BCUT2D eigenvalue weighted by atomic mass is 32.2. The third kappa shape index (κ3) is 8.16. The molecule has 3 aromatic carbocycles. The molecule has 4 N–H and O–H groups in total. The van der Waals surface area contributed by atoms with Crippen molar-refractivity contribution >= 4 is 80.3 Å². The van der Waals surface area contributed by atoms with Gasteiger partial charge in [-0.1, -0.05) is 42.0 Å². The first-order valence-corrected chi connectivity index (χ1v) is 14.7. The first kappa shape index (κ1) is 29.8. The van der Waals surface area contributed by atoms with Crippen molar-refractivity contribution in [2.75, 3.05) is 34.1 Å². The molecular weight excluding hydrogens is 577 g/mol. The number of thiophene rings is 1. The van der Waals surface area contributed by atoms with E-state index in [1.165, 1.54) is 18.9 Å². The Morgan fingerprint density at radius 1 is 0.829 bits per heavy atom. The van der Waals surface area contributed by atoms with E-state index in [9.17, 15) is 14.4 Å². The van der Waals surface area contributed by atoms with Gasteiger partial charge in [0, 0.05) is 22.0 Å². The Balaban J connectivity index is 1.39. The summed E-state index contributed by atoms with van der Waals surface area (Å²) >= 11 is 7.79. The van der Waals surface area contributed by atoms with Crippen LogP contribution in [0.15, 0.2) is 83.8 Å². The van der Waals surface area contributed by atoms with E-state index in [2.05, 4.69) is 21.3 Å². The highest BCUT2D eigenvalue weighted by molar-refractivity contribution is 8.00. The minimum atomic E-state index is -0.630. The summed E-state index contributed by atoms with van der Waals surface area (Å²) in [5, 5.41) is 12.6. The second-order valence-electron chi connectivity index (χ2n) is 8.88. The van der Waals surface area contributed by atoms with Gasteiger partial charge in [-0.05, 0) is 74.1 Å². The number of esters is 1. The molecule has 0 aliphatic heterocycles. The number of methoxy groups -OCH3 is 1. The van der Waals surface area contributed by atoms with Crippen molar-refractivity contribution in [3.8, 4) is 0 Å². The number of amides is 2. The van der Waals surface area contributed by atoms with Crippen molar-refractivity contribution < 1.29 is 19.1 Å². The molecule has 0 atom stereocenters. The number of thiocarbonyl (C=S) groups is 1. The predicted molar refractivity (Wildman–Crippen MR) is 172 cm³/mol.